The first kappa shape index (κ1) is 6.52. The van der Waals surface area contributed by atoms with Crippen LogP contribution in [-0.2, 0) is 16.0 Å². The van der Waals surface area contributed by atoms with Gasteiger partial charge in [-0.2, -0.15) is 0 Å². The summed E-state index contributed by atoms with van der Waals surface area (Å²) in [5.74, 6) is 0. The summed E-state index contributed by atoms with van der Waals surface area (Å²) < 4.78 is 0. The van der Waals surface area contributed by atoms with Gasteiger partial charge in [0.05, 0.1) is 0 Å². The summed E-state index contributed by atoms with van der Waals surface area (Å²) in [5, 5.41) is 1.08. The molecule has 0 spiro atoms. The summed E-state index contributed by atoms with van der Waals surface area (Å²) in [6.07, 6.45) is 0. The summed E-state index contributed by atoms with van der Waals surface area (Å²) >= 11 is 3.37. The SMILES string of the molecule is CC(C)(C)[CH2][Mn]. The molecule has 0 N–H and O–H groups in total. The van der Waals surface area contributed by atoms with Crippen LogP contribution in [0.3, 0.4) is 0 Å². The molecule has 0 bridgehead atoms. The molecule has 0 amide bonds. The van der Waals surface area contributed by atoms with Crippen molar-refractivity contribution in [1.29, 1.82) is 0 Å². The third-order valence-corrected chi connectivity index (χ3v) is 1.65. The fourth-order valence-corrected chi connectivity index (χ4v) is 0. The molecule has 0 rings (SSSR count). The van der Waals surface area contributed by atoms with Crippen LogP contribution >= 0.6 is 0 Å². The Labute approximate surface area is 48.1 Å². The second kappa shape index (κ2) is 1.99. The van der Waals surface area contributed by atoms with E-state index in [1.807, 2.05) is 0 Å². The van der Waals surface area contributed by atoms with E-state index >= 15 is 0 Å². The number of rotatable bonds is 0. The molecular formula is C5H11Mn. The average molecular weight is 126 g/mol. The Morgan fingerprint density at radius 3 is 1.50 bits per heavy atom. The van der Waals surface area contributed by atoms with Gasteiger partial charge in [-0.1, -0.05) is 0 Å². The van der Waals surface area contributed by atoms with Crippen LogP contribution < -0.4 is 0 Å². The van der Waals surface area contributed by atoms with E-state index in [4.69, 9.17) is 0 Å². The van der Waals surface area contributed by atoms with Crippen molar-refractivity contribution >= 4 is 0 Å². The minimum atomic E-state index is 0.458. The molecule has 0 aliphatic carbocycles. The van der Waals surface area contributed by atoms with E-state index in [1.165, 1.54) is 0 Å². The van der Waals surface area contributed by atoms with E-state index in [1.54, 1.807) is 0 Å². The fourth-order valence-electron chi connectivity index (χ4n) is 0. The van der Waals surface area contributed by atoms with Crippen LogP contribution in [0.5, 0.6) is 0 Å². The van der Waals surface area contributed by atoms with Gasteiger partial charge in [-0.15, -0.1) is 0 Å². The molecule has 0 unspecified atom stereocenters. The van der Waals surface area contributed by atoms with Crippen LogP contribution in [0.2, 0.25) is 5.32 Å². The van der Waals surface area contributed by atoms with Gasteiger partial charge in [0.1, 0.15) is 0 Å². The summed E-state index contributed by atoms with van der Waals surface area (Å²) in [6.45, 7) is 6.59. The van der Waals surface area contributed by atoms with Gasteiger partial charge in [0.15, 0.2) is 0 Å². The molecule has 0 nitrogen and oxygen atoms in total. The molecule has 1 heteroatoms. The summed E-state index contributed by atoms with van der Waals surface area (Å²) in [7, 11) is 0. The van der Waals surface area contributed by atoms with Gasteiger partial charge in [0.2, 0.25) is 0 Å². The van der Waals surface area contributed by atoms with Crippen molar-refractivity contribution < 1.29 is 16.0 Å². The number of hydrogen-bond acceptors (Lipinski definition) is 0. The van der Waals surface area contributed by atoms with E-state index in [9.17, 15) is 0 Å². The second-order valence-corrected chi connectivity index (χ2v) is 3.11. The van der Waals surface area contributed by atoms with Crippen LogP contribution in [-0.4, -0.2) is 0 Å². The normalized spacial score (nSPS) is 12.0. The molecule has 0 heterocycles. The summed E-state index contributed by atoms with van der Waals surface area (Å²) in [5.41, 5.74) is 0.458. The van der Waals surface area contributed by atoms with Crippen molar-refractivity contribution in [2.75, 3.05) is 0 Å². The first-order valence-electron chi connectivity index (χ1n) is 2.12. The van der Waals surface area contributed by atoms with E-state index in [2.05, 4.69) is 36.8 Å². The van der Waals surface area contributed by atoms with E-state index in [-0.39, 0.29) is 0 Å². The van der Waals surface area contributed by atoms with Gasteiger partial charge >= 0.3 is 47.5 Å². The standard InChI is InChI=1S/C5H11.Mn/c1-5(2,3)4;/h1H2,2-4H3;. The molecule has 0 atom stereocenters. The monoisotopic (exact) mass is 126 g/mol. The minimum absolute atomic E-state index is 0.458. The molecule has 0 saturated heterocycles. The average Bonchev–Trinajstić information content (AvgIpc) is 1.35. The number of hydrogen-bond donors (Lipinski definition) is 0. The Balaban J connectivity index is 3.17. The van der Waals surface area contributed by atoms with Crippen molar-refractivity contribution in [3.63, 3.8) is 0 Å². The van der Waals surface area contributed by atoms with E-state index in [0.717, 1.165) is 5.32 Å². The molecule has 0 fully saturated rings. The summed E-state index contributed by atoms with van der Waals surface area (Å²) in [4.78, 5) is 0. The first-order chi connectivity index (χ1) is 2.56. The zero-order valence-electron chi connectivity index (χ0n) is 4.59. The molecular weight excluding hydrogens is 115 g/mol. The molecule has 0 aromatic carbocycles. The molecule has 6 heavy (non-hydrogen) atoms. The predicted molar refractivity (Wildman–Crippen MR) is 24.3 cm³/mol. The van der Waals surface area contributed by atoms with Crippen molar-refractivity contribution in [2.24, 2.45) is 5.41 Å². The third-order valence-electron chi connectivity index (χ3n) is 0.401. The first-order valence-corrected chi connectivity index (χ1v) is 2.96. The molecule has 0 radical (unpaired) electrons. The van der Waals surface area contributed by atoms with Gasteiger partial charge in [0.25, 0.3) is 0 Å². The van der Waals surface area contributed by atoms with Crippen molar-refractivity contribution in [3.05, 3.63) is 0 Å². The van der Waals surface area contributed by atoms with Gasteiger partial charge in [-0.25, -0.2) is 0 Å². The zero-order chi connectivity index (χ0) is 5.21. The van der Waals surface area contributed by atoms with E-state index < -0.39 is 0 Å². The Morgan fingerprint density at radius 1 is 1.33 bits per heavy atom. The Hall–Kier alpha value is 0.519. The second-order valence-electron chi connectivity index (χ2n) is 2.69. The van der Waals surface area contributed by atoms with Crippen LogP contribution in [0, 0.1) is 5.41 Å². The van der Waals surface area contributed by atoms with Crippen molar-refractivity contribution in [3.8, 4) is 0 Å². The maximum atomic E-state index is 3.37. The Kier molecular flexibility index (Phi) is 2.17. The Bertz CT molecular complexity index is 33.7. The van der Waals surface area contributed by atoms with E-state index in [0.29, 0.717) is 5.41 Å². The van der Waals surface area contributed by atoms with Gasteiger partial charge < -0.3 is 0 Å². The molecule has 0 aliphatic rings. The van der Waals surface area contributed by atoms with Gasteiger partial charge in [-0.05, 0) is 0 Å². The molecule has 0 aromatic rings. The zero-order valence-corrected chi connectivity index (χ0v) is 5.77. The topological polar surface area (TPSA) is 0 Å². The molecule has 0 saturated carbocycles. The molecule has 0 aliphatic heterocycles. The van der Waals surface area contributed by atoms with Crippen LogP contribution in [0.25, 0.3) is 0 Å². The molecule has 0 aromatic heterocycles. The van der Waals surface area contributed by atoms with Gasteiger partial charge in [-0.3, -0.25) is 0 Å². The quantitative estimate of drug-likeness (QED) is 0.435. The van der Waals surface area contributed by atoms with Crippen molar-refractivity contribution in [1.82, 2.24) is 0 Å². The third kappa shape index (κ3) is 4.52. The Morgan fingerprint density at radius 2 is 1.50 bits per heavy atom. The fraction of sp³-hybridized carbons (Fsp3) is 1.00. The van der Waals surface area contributed by atoms with Crippen LogP contribution in [0.1, 0.15) is 20.8 Å². The maximum absolute atomic E-state index is 3.37. The molecule has 38 valence electrons. The predicted octanol–water partition coefficient (Wildman–Crippen LogP) is 2.00. The van der Waals surface area contributed by atoms with Crippen molar-refractivity contribution in [2.45, 2.75) is 26.1 Å². The van der Waals surface area contributed by atoms with Gasteiger partial charge in [0, 0.05) is 0 Å². The summed E-state index contributed by atoms with van der Waals surface area (Å²) in [6, 6.07) is 0. The van der Waals surface area contributed by atoms with Crippen LogP contribution in [0.4, 0.5) is 0 Å². The van der Waals surface area contributed by atoms with Crippen LogP contribution in [0.15, 0.2) is 0 Å².